The van der Waals surface area contributed by atoms with Gasteiger partial charge in [0.05, 0.1) is 5.01 Å². The van der Waals surface area contributed by atoms with Crippen LogP contribution in [-0.2, 0) is 6.42 Å². The first kappa shape index (κ1) is 20.0. The molecule has 27 heavy (non-hydrogen) atoms. The van der Waals surface area contributed by atoms with E-state index in [0.717, 1.165) is 50.3 Å². The molecule has 0 bridgehead atoms. The number of hydrogen-bond acceptors (Lipinski definition) is 4. The van der Waals surface area contributed by atoms with Gasteiger partial charge in [-0.1, -0.05) is 44.2 Å². The van der Waals surface area contributed by atoms with Crippen LogP contribution in [0.1, 0.15) is 60.1 Å². The van der Waals surface area contributed by atoms with Gasteiger partial charge >= 0.3 is 0 Å². The number of likely N-dealkylation sites (tertiary alicyclic amines) is 1. The molecule has 5 heteroatoms. The average Bonchev–Trinajstić information content (AvgIpc) is 3.18. The number of carbonyl (C=O) groups is 1. The molecule has 1 amide bonds. The zero-order chi connectivity index (χ0) is 19.2. The Kier molecular flexibility index (Phi) is 7.02. The molecule has 0 spiro atoms. The maximum atomic E-state index is 12.8. The van der Waals surface area contributed by atoms with Gasteiger partial charge in [0.1, 0.15) is 5.69 Å². The molecule has 1 aliphatic heterocycles. The molecule has 0 N–H and O–H groups in total. The van der Waals surface area contributed by atoms with Crippen molar-refractivity contribution in [2.24, 2.45) is 0 Å². The summed E-state index contributed by atoms with van der Waals surface area (Å²) >= 11 is 1.59. The standard InChI is InChI=1S/C22H31N3OS/c1-17(2)21-23-20(16-27-21)22(26)24(3)19-12-8-14-25(15-19)13-7-11-18-9-5-4-6-10-18/h4-6,9-10,16-17,19H,7-8,11-15H2,1-3H3. The molecule has 1 atom stereocenters. The molecule has 1 aromatic carbocycles. The van der Waals surface area contributed by atoms with Crippen molar-refractivity contribution in [2.75, 3.05) is 26.7 Å². The van der Waals surface area contributed by atoms with E-state index in [0.29, 0.717) is 11.6 Å². The summed E-state index contributed by atoms with van der Waals surface area (Å²) < 4.78 is 0. The number of nitrogens with zero attached hydrogens (tertiary/aromatic N) is 3. The molecule has 0 aliphatic carbocycles. The first-order valence-corrected chi connectivity index (χ1v) is 10.9. The lowest BCUT2D eigenvalue weighted by atomic mass is 10.0. The van der Waals surface area contributed by atoms with Crippen molar-refractivity contribution in [3.63, 3.8) is 0 Å². The smallest absolute Gasteiger partial charge is 0.273 e. The molecule has 4 nitrogen and oxygen atoms in total. The molecule has 2 heterocycles. The Bertz CT molecular complexity index is 728. The number of aryl methyl sites for hydroxylation is 1. The fraction of sp³-hybridized carbons (Fsp3) is 0.545. The second-order valence-corrected chi connectivity index (χ2v) is 8.72. The molecule has 0 saturated carbocycles. The SMILES string of the molecule is CC(C)c1nc(C(=O)N(C)C2CCCN(CCCc3ccccc3)C2)cs1. The van der Waals surface area contributed by atoms with Crippen LogP contribution in [0, 0.1) is 0 Å². The monoisotopic (exact) mass is 385 g/mol. The number of piperidine rings is 1. The summed E-state index contributed by atoms with van der Waals surface area (Å²) in [5.74, 6) is 0.436. The lowest BCUT2D eigenvalue weighted by molar-refractivity contribution is 0.0612. The molecular formula is C22H31N3OS. The highest BCUT2D eigenvalue weighted by Crippen LogP contribution is 2.22. The fourth-order valence-corrected chi connectivity index (χ4v) is 4.51. The summed E-state index contributed by atoms with van der Waals surface area (Å²) in [6.45, 7) is 7.44. The Morgan fingerprint density at radius 3 is 2.81 bits per heavy atom. The molecule has 146 valence electrons. The molecular weight excluding hydrogens is 354 g/mol. The average molecular weight is 386 g/mol. The number of amides is 1. The molecule has 0 radical (unpaired) electrons. The largest absolute Gasteiger partial charge is 0.336 e. The van der Waals surface area contributed by atoms with Crippen molar-refractivity contribution in [3.05, 3.63) is 52.0 Å². The molecule has 3 rings (SSSR count). The van der Waals surface area contributed by atoms with Gasteiger partial charge in [-0.25, -0.2) is 4.98 Å². The Labute approximate surface area is 167 Å². The van der Waals surface area contributed by atoms with Gasteiger partial charge in [-0.3, -0.25) is 4.79 Å². The summed E-state index contributed by atoms with van der Waals surface area (Å²) in [6.07, 6.45) is 4.52. The van der Waals surface area contributed by atoms with Crippen molar-refractivity contribution >= 4 is 17.2 Å². The zero-order valence-corrected chi connectivity index (χ0v) is 17.5. The minimum atomic E-state index is 0.0642. The van der Waals surface area contributed by atoms with E-state index in [9.17, 15) is 4.79 Å². The van der Waals surface area contributed by atoms with E-state index in [1.165, 1.54) is 5.56 Å². The molecule has 1 fully saturated rings. The van der Waals surface area contributed by atoms with Crippen LogP contribution in [-0.4, -0.2) is 53.4 Å². The van der Waals surface area contributed by atoms with Crippen LogP contribution < -0.4 is 0 Å². The van der Waals surface area contributed by atoms with Gasteiger partial charge in [0, 0.05) is 30.9 Å². The maximum absolute atomic E-state index is 12.8. The third-order valence-corrected chi connectivity index (χ3v) is 6.51. The van der Waals surface area contributed by atoms with E-state index in [-0.39, 0.29) is 11.9 Å². The van der Waals surface area contributed by atoms with E-state index >= 15 is 0 Å². The quantitative estimate of drug-likeness (QED) is 0.707. The van der Waals surface area contributed by atoms with Crippen molar-refractivity contribution in [1.29, 1.82) is 0 Å². The number of thiazole rings is 1. The summed E-state index contributed by atoms with van der Waals surface area (Å²) in [7, 11) is 1.94. The summed E-state index contributed by atoms with van der Waals surface area (Å²) in [6, 6.07) is 11.0. The molecule has 1 aromatic heterocycles. The highest BCUT2D eigenvalue weighted by molar-refractivity contribution is 7.09. The Morgan fingerprint density at radius 1 is 1.33 bits per heavy atom. The van der Waals surface area contributed by atoms with Gasteiger partial charge in [0.2, 0.25) is 0 Å². The zero-order valence-electron chi connectivity index (χ0n) is 16.7. The van der Waals surface area contributed by atoms with Crippen molar-refractivity contribution < 1.29 is 4.79 Å². The maximum Gasteiger partial charge on any atom is 0.273 e. The highest BCUT2D eigenvalue weighted by atomic mass is 32.1. The van der Waals surface area contributed by atoms with Gasteiger partial charge in [0.25, 0.3) is 5.91 Å². The molecule has 1 saturated heterocycles. The van der Waals surface area contributed by atoms with Crippen molar-refractivity contribution in [3.8, 4) is 0 Å². The molecule has 1 unspecified atom stereocenters. The van der Waals surface area contributed by atoms with Crippen LogP contribution in [0.2, 0.25) is 0 Å². The third-order valence-electron chi connectivity index (χ3n) is 5.37. The van der Waals surface area contributed by atoms with Crippen LogP contribution in [0.5, 0.6) is 0 Å². The lowest BCUT2D eigenvalue weighted by Crippen LogP contribution is -2.48. The van der Waals surface area contributed by atoms with Gasteiger partial charge in [-0.2, -0.15) is 0 Å². The predicted molar refractivity (Wildman–Crippen MR) is 113 cm³/mol. The van der Waals surface area contributed by atoms with Crippen molar-refractivity contribution in [1.82, 2.24) is 14.8 Å². The normalized spacial score (nSPS) is 18.0. The first-order chi connectivity index (χ1) is 13.0. The second-order valence-electron chi connectivity index (χ2n) is 7.83. The minimum Gasteiger partial charge on any atom is -0.336 e. The highest BCUT2D eigenvalue weighted by Gasteiger charge is 2.27. The summed E-state index contributed by atoms with van der Waals surface area (Å²) in [5, 5.41) is 2.95. The number of likely N-dealkylation sites (N-methyl/N-ethyl adjacent to an activating group) is 1. The molecule has 2 aromatic rings. The Morgan fingerprint density at radius 2 is 2.11 bits per heavy atom. The van der Waals surface area contributed by atoms with Crippen LogP contribution in [0.25, 0.3) is 0 Å². The van der Waals surface area contributed by atoms with Gasteiger partial charge in [-0.05, 0) is 44.3 Å². The molecule has 1 aliphatic rings. The van der Waals surface area contributed by atoms with Gasteiger partial charge in [0.15, 0.2) is 0 Å². The number of carbonyl (C=O) groups excluding carboxylic acids is 1. The van der Waals surface area contributed by atoms with Crippen LogP contribution in [0.3, 0.4) is 0 Å². The van der Waals surface area contributed by atoms with Crippen LogP contribution in [0.4, 0.5) is 0 Å². The number of aromatic nitrogens is 1. The summed E-state index contributed by atoms with van der Waals surface area (Å²) in [5.41, 5.74) is 2.01. The van der Waals surface area contributed by atoms with Crippen LogP contribution >= 0.6 is 11.3 Å². The number of benzene rings is 1. The fourth-order valence-electron chi connectivity index (χ4n) is 3.70. The predicted octanol–water partition coefficient (Wildman–Crippen LogP) is 4.44. The minimum absolute atomic E-state index is 0.0642. The van der Waals surface area contributed by atoms with E-state index in [1.54, 1.807) is 11.3 Å². The Hall–Kier alpha value is -1.72. The van der Waals surface area contributed by atoms with E-state index < -0.39 is 0 Å². The van der Waals surface area contributed by atoms with Gasteiger partial charge in [-0.15, -0.1) is 11.3 Å². The summed E-state index contributed by atoms with van der Waals surface area (Å²) in [4.78, 5) is 21.8. The van der Waals surface area contributed by atoms with Gasteiger partial charge < -0.3 is 9.80 Å². The second kappa shape index (κ2) is 9.47. The number of hydrogen-bond donors (Lipinski definition) is 0. The topological polar surface area (TPSA) is 36.4 Å². The number of rotatable bonds is 7. The third kappa shape index (κ3) is 5.39. The van der Waals surface area contributed by atoms with Crippen molar-refractivity contribution in [2.45, 2.75) is 51.5 Å². The van der Waals surface area contributed by atoms with E-state index in [2.05, 4.69) is 54.1 Å². The first-order valence-electron chi connectivity index (χ1n) is 10.0. The van der Waals surface area contributed by atoms with Crippen LogP contribution in [0.15, 0.2) is 35.7 Å². The van der Waals surface area contributed by atoms with E-state index in [1.807, 2.05) is 17.3 Å². The lowest BCUT2D eigenvalue weighted by Gasteiger charge is -2.37. The van der Waals surface area contributed by atoms with E-state index in [4.69, 9.17) is 0 Å². The Balaban J connectivity index is 1.51.